The van der Waals surface area contributed by atoms with Gasteiger partial charge in [0, 0.05) is 0 Å². The van der Waals surface area contributed by atoms with Crippen LogP contribution in [-0.2, 0) is 0 Å². The number of hydrogen-bond acceptors (Lipinski definition) is 0. The van der Waals surface area contributed by atoms with Gasteiger partial charge in [-0.1, -0.05) is 39.0 Å². The maximum absolute atomic E-state index is 4.22. The van der Waals surface area contributed by atoms with Gasteiger partial charge in [0.2, 0.25) is 0 Å². The van der Waals surface area contributed by atoms with Crippen molar-refractivity contribution in [3.05, 3.63) is 6.92 Å². The van der Waals surface area contributed by atoms with Crippen molar-refractivity contribution < 1.29 is 0 Å². The molecule has 0 aromatic rings. The average Bonchev–Trinajstić information content (AvgIpc) is 2.69. The minimum atomic E-state index is 0.695. The summed E-state index contributed by atoms with van der Waals surface area (Å²) in [4.78, 5) is 0. The second-order valence-corrected chi connectivity index (χ2v) is 5.15. The molecule has 0 unspecified atom stereocenters. The summed E-state index contributed by atoms with van der Waals surface area (Å²) in [5, 5.41) is 0. The topological polar surface area (TPSA) is 0 Å². The van der Waals surface area contributed by atoms with Crippen LogP contribution in [0.4, 0.5) is 0 Å². The molecule has 0 nitrogen and oxygen atoms in total. The summed E-state index contributed by atoms with van der Waals surface area (Å²) < 4.78 is 0. The number of hydrogen-bond donors (Lipinski definition) is 0. The SMILES string of the molecule is [CH2]CC1(C2CCCCC2)CCCC1. The van der Waals surface area contributed by atoms with Crippen molar-refractivity contribution in [1.29, 1.82) is 0 Å². The molecule has 0 aromatic carbocycles. The van der Waals surface area contributed by atoms with Gasteiger partial charge in [0.25, 0.3) is 0 Å². The van der Waals surface area contributed by atoms with Gasteiger partial charge >= 0.3 is 0 Å². The lowest BCUT2D eigenvalue weighted by atomic mass is 9.66. The Kier molecular flexibility index (Phi) is 2.96. The van der Waals surface area contributed by atoms with E-state index in [-0.39, 0.29) is 0 Å². The first-order chi connectivity index (χ1) is 6.37. The molecule has 13 heavy (non-hydrogen) atoms. The first kappa shape index (κ1) is 9.55. The minimum Gasteiger partial charge on any atom is -0.0533 e. The van der Waals surface area contributed by atoms with E-state index in [2.05, 4.69) is 6.92 Å². The van der Waals surface area contributed by atoms with Gasteiger partial charge in [0.15, 0.2) is 0 Å². The highest BCUT2D eigenvalue weighted by atomic mass is 14.4. The van der Waals surface area contributed by atoms with E-state index in [1.165, 1.54) is 64.2 Å². The summed E-state index contributed by atoms with van der Waals surface area (Å²) in [6, 6.07) is 0. The van der Waals surface area contributed by atoms with E-state index in [1.807, 2.05) is 0 Å². The molecule has 0 heterocycles. The van der Waals surface area contributed by atoms with Crippen LogP contribution in [0.15, 0.2) is 0 Å². The molecule has 2 saturated carbocycles. The lowest BCUT2D eigenvalue weighted by molar-refractivity contribution is 0.124. The third-order valence-corrected chi connectivity index (χ3v) is 4.57. The van der Waals surface area contributed by atoms with Gasteiger partial charge in [-0.15, -0.1) is 0 Å². The number of rotatable bonds is 2. The van der Waals surface area contributed by atoms with Crippen LogP contribution in [0.2, 0.25) is 0 Å². The second-order valence-electron chi connectivity index (χ2n) is 5.15. The van der Waals surface area contributed by atoms with E-state index < -0.39 is 0 Å². The van der Waals surface area contributed by atoms with Gasteiger partial charge in [-0.25, -0.2) is 0 Å². The van der Waals surface area contributed by atoms with Crippen LogP contribution < -0.4 is 0 Å². The Morgan fingerprint density at radius 3 is 2.08 bits per heavy atom. The third kappa shape index (κ3) is 1.78. The third-order valence-electron chi connectivity index (χ3n) is 4.57. The fraction of sp³-hybridized carbons (Fsp3) is 0.923. The average molecular weight is 179 g/mol. The Morgan fingerprint density at radius 2 is 1.54 bits per heavy atom. The highest BCUT2D eigenvalue weighted by Gasteiger charge is 2.39. The monoisotopic (exact) mass is 179 g/mol. The van der Waals surface area contributed by atoms with Crippen molar-refractivity contribution in [2.75, 3.05) is 0 Å². The molecule has 0 bridgehead atoms. The molecule has 2 aliphatic rings. The molecular formula is C13H23. The van der Waals surface area contributed by atoms with Gasteiger partial charge in [0.05, 0.1) is 0 Å². The highest BCUT2D eigenvalue weighted by Crippen LogP contribution is 2.51. The van der Waals surface area contributed by atoms with Crippen LogP contribution in [0, 0.1) is 18.3 Å². The van der Waals surface area contributed by atoms with Crippen molar-refractivity contribution in [2.24, 2.45) is 11.3 Å². The van der Waals surface area contributed by atoms with Crippen LogP contribution >= 0.6 is 0 Å². The minimum absolute atomic E-state index is 0.695. The van der Waals surface area contributed by atoms with Crippen molar-refractivity contribution in [2.45, 2.75) is 64.2 Å². The molecule has 2 rings (SSSR count). The predicted octanol–water partition coefficient (Wildman–Crippen LogP) is 4.35. The quantitative estimate of drug-likeness (QED) is 0.591. The molecule has 2 fully saturated rings. The fourth-order valence-electron chi connectivity index (χ4n) is 3.66. The zero-order valence-corrected chi connectivity index (χ0v) is 8.86. The standard InChI is InChI=1S/C13H23/c1-2-13(10-6-7-11-13)12-8-4-3-5-9-12/h12H,1-11H2. The van der Waals surface area contributed by atoms with Crippen LogP contribution in [0.1, 0.15) is 64.2 Å². The molecule has 0 spiro atoms. The highest BCUT2D eigenvalue weighted by molar-refractivity contribution is 4.92. The summed E-state index contributed by atoms with van der Waals surface area (Å²) in [7, 11) is 0. The van der Waals surface area contributed by atoms with E-state index in [9.17, 15) is 0 Å². The van der Waals surface area contributed by atoms with E-state index in [0.29, 0.717) is 5.41 Å². The molecule has 0 saturated heterocycles. The van der Waals surface area contributed by atoms with Gasteiger partial charge in [-0.05, 0) is 43.4 Å². The first-order valence-corrected chi connectivity index (χ1v) is 6.17. The van der Waals surface area contributed by atoms with Crippen molar-refractivity contribution in [3.8, 4) is 0 Å². The van der Waals surface area contributed by atoms with Crippen molar-refractivity contribution >= 4 is 0 Å². The molecule has 0 aromatic heterocycles. The zero-order chi connectivity index (χ0) is 9.15. The Morgan fingerprint density at radius 1 is 0.923 bits per heavy atom. The second kappa shape index (κ2) is 4.02. The van der Waals surface area contributed by atoms with Gasteiger partial charge in [0.1, 0.15) is 0 Å². The lowest BCUT2D eigenvalue weighted by Gasteiger charge is -2.39. The van der Waals surface area contributed by atoms with Gasteiger partial charge < -0.3 is 0 Å². The Bertz CT molecular complexity index is 147. The molecule has 1 radical (unpaired) electrons. The zero-order valence-electron chi connectivity index (χ0n) is 8.86. The summed E-state index contributed by atoms with van der Waals surface area (Å²) in [5.41, 5.74) is 0.695. The van der Waals surface area contributed by atoms with Crippen LogP contribution in [0.3, 0.4) is 0 Å². The van der Waals surface area contributed by atoms with E-state index >= 15 is 0 Å². The molecule has 0 heteroatoms. The molecule has 0 amide bonds. The summed E-state index contributed by atoms with van der Waals surface area (Å²) in [5.74, 6) is 1.04. The molecule has 0 aliphatic heterocycles. The molecule has 2 aliphatic carbocycles. The largest absolute Gasteiger partial charge is 0.0533 e. The van der Waals surface area contributed by atoms with Crippen LogP contribution in [0.25, 0.3) is 0 Å². The van der Waals surface area contributed by atoms with E-state index in [4.69, 9.17) is 0 Å². The predicted molar refractivity (Wildman–Crippen MR) is 57.5 cm³/mol. The van der Waals surface area contributed by atoms with E-state index in [0.717, 1.165) is 5.92 Å². The Balaban J connectivity index is 2.01. The molecule has 0 N–H and O–H groups in total. The first-order valence-electron chi connectivity index (χ1n) is 6.17. The van der Waals surface area contributed by atoms with Crippen molar-refractivity contribution in [1.82, 2.24) is 0 Å². The smallest absolute Gasteiger partial charge is 0.0269 e. The maximum atomic E-state index is 4.22. The van der Waals surface area contributed by atoms with Crippen molar-refractivity contribution in [3.63, 3.8) is 0 Å². The van der Waals surface area contributed by atoms with Gasteiger partial charge in [-0.2, -0.15) is 0 Å². The maximum Gasteiger partial charge on any atom is -0.0269 e. The Labute approximate surface area is 83.1 Å². The van der Waals surface area contributed by atoms with Crippen LogP contribution in [0.5, 0.6) is 0 Å². The molecule has 75 valence electrons. The summed E-state index contributed by atoms with van der Waals surface area (Å²) >= 11 is 0. The van der Waals surface area contributed by atoms with Crippen LogP contribution in [-0.4, -0.2) is 0 Å². The fourth-order valence-corrected chi connectivity index (χ4v) is 3.66. The van der Waals surface area contributed by atoms with Gasteiger partial charge in [-0.3, -0.25) is 0 Å². The Hall–Kier alpha value is 0. The summed E-state index contributed by atoms with van der Waals surface area (Å²) in [6.07, 6.45) is 14.6. The normalized spacial score (nSPS) is 29.3. The lowest BCUT2D eigenvalue weighted by Crippen LogP contribution is -2.28. The molecule has 0 atom stereocenters. The van der Waals surface area contributed by atoms with E-state index in [1.54, 1.807) is 0 Å². The summed E-state index contributed by atoms with van der Waals surface area (Å²) in [6.45, 7) is 4.22. The molecular weight excluding hydrogens is 156 g/mol.